The Morgan fingerprint density at radius 1 is 1.00 bits per heavy atom. The fourth-order valence-electron chi connectivity index (χ4n) is 5.38. The molecule has 2 fully saturated rings. The fourth-order valence-corrected chi connectivity index (χ4v) is 5.38. The zero-order valence-electron chi connectivity index (χ0n) is 17.5. The van der Waals surface area contributed by atoms with Crippen molar-refractivity contribution in [2.45, 2.75) is 43.6 Å². The van der Waals surface area contributed by atoms with E-state index in [9.17, 15) is 14.4 Å². The molecular weight excluding hydrogens is 390 g/mol. The van der Waals surface area contributed by atoms with Crippen LogP contribution in [0.3, 0.4) is 0 Å². The summed E-state index contributed by atoms with van der Waals surface area (Å²) < 4.78 is 0. The molecule has 1 atom stereocenters. The van der Waals surface area contributed by atoms with Crippen LogP contribution in [0.4, 0.5) is 4.79 Å². The van der Waals surface area contributed by atoms with Crippen LogP contribution in [0.2, 0.25) is 0 Å². The van der Waals surface area contributed by atoms with E-state index in [1.165, 1.54) is 5.56 Å². The number of fused-ring (bicyclic) bond motifs is 2. The molecule has 160 valence electrons. The number of carbonyl (C=O) groups is 3. The summed E-state index contributed by atoms with van der Waals surface area (Å²) in [6, 6.07) is 17.7. The average Bonchev–Trinajstić information content (AvgIpc) is 3.04. The highest BCUT2D eigenvalue weighted by Crippen LogP contribution is 2.40. The van der Waals surface area contributed by atoms with Crippen LogP contribution in [0.15, 0.2) is 54.6 Å². The minimum Gasteiger partial charge on any atom is -0.341 e. The van der Waals surface area contributed by atoms with Gasteiger partial charge in [0, 0.05) is 13.1 Å². The Morgan fingerprint density at radius 2 is 1.71 bits per heavy atom. The van der Waals surface area contributed by atoms with Gasteiger partial charge in [0.2, 0.25) is 5.91 Å². The molecule has 0 radical (unpaired) electrons. The van der Waals surface area contributed by atoms with Gasteiger partial charge in [0.1, 0.15) is 12.1 Å². The first kappa shape index (κ1) is 19.8. The van der Waals surface area contributed by atoms with E-state index in [1.807, 2.05) is 42.5 Å². The second-order valence-electron chi connectivity index (χ2n) is 8.80. The van der Waals surface area contributed by atoms with Crippen LogP contribution < -0.4 is 5.32 Å². The molecule has 4 amide bonds. The van der Waals surface area contributed by atoms with Crippen molar-refractivity contribution in [3.63, 3.8) is 0 Å². The van der Waals surface area contributed by atoms with Crippen molar-refractivity contribution >= 4 is 17.8 Å². The van der Waals surface area contributed by atoms with Crippen LogP contribution in [0.5, 0.6) is 0 Å². The molecule has 3 aliphatic rings. The molecule has 1 N–H and O–H groups in total. The van der Waals surface area contributed by atoms with Crippen LogP contribution in [-0.2, 0) is 21.5 Å². The van der Waals surface area contributed by atoms with Gasteiger partial charge in [-0.1, -0.05) is 54.6 Å². The maximum Gasteiger partial charge on any atom is 0.325 e. The van der Waals surface area contributed by atoms with E-state index in [2.05, 4.69) is 17.4 Å². The van der Waals surface area contributed by atoms with Crippen molar-refractivity contribution in [2.75, 3.05) is 19.6 Å². The molecule has 6 heteroatoms. The number of piperidine rings is 1. The zero-order chi connectivity index (χ0) is 21.4. The maximum absolute atomic E-state index is 13.4. The summed E-state index contributed by atoms with van der Waals surface area (Å²) in [5.41, 5.74) is 2.25. The fraction of sp³-hybridized carbons (Fsp3) is 0.400. The van der Waals surface area contributed by atoms with E-state index in [0.29, 0.717) is 25.4 Å². The van der Waals surface area contributed by atoms with Crippen molar-refractivity contribution in [3.8, 4) is 0 Å². The Kier molecular flexibility index (Phi) is 5.00. The van der Waals surface area contributed by atoms with Crippen molar-refractivity contribution in [2.24, 2.45) is 0 Å². The van der Waals surface area contributed by atoms with Crippen molar-refractivity contribution < 1.29 is 14.4 Å². The second kappa shape index (κ2) is 7.84. The predicted octanol–water partition coefficient (Wildman–Crippen LogP) is 3.18. The highest BCUT2D eigenvalue weighted by molar-refractivity contribution is 6.09. The SMILES string of the molecule is O=C(CN1C(=O)NC2(CCCc3ccccc32)C1=O)N1CCC(c2ccccc2)CC1. The molecule has 0 bridgehead atoms. The van der Waals surface area contributed by atoms with Crippen LogP contribution in [0.1, 0.15) is 48.3 Å². The summed E-state index contributed by atoms with van der Waals surface area (Å²) in [6.45, 7) is 1.11. The number of imide groups is 1. The molecule has 2 heterocycles. The van der Waals surface area contributed by atoms with E-state index in [4.69, 9.17) is 0 Å². The van der Waals surface area contributed by atoms with E-state index >= 15 is 0 Å². The van der Waals surface area contributed by atoms with Crippen molar-refractivity contribution in [3.05, 3.63) is 71.3 Å². The number of aryl methyl sites for hydroxylation is 1. The van der Waals surface area contributed by atoms with Crippen molar-refractivity contribution in [1.29, 1.82) is 0 Å². The smallest absolute Gasteiger partial charge is 0.325 e. The Morgan fingerprint density at radius 3 is 2.48 bits per heavy atom. The standard InChI is InChI=1S/C25H27N3O3/c29-22(27-15-12-19(13-16-27)18-7-2-1-3-8-18)17-28-23(30)25(26-24(28)31)14-6-10-20-9-4-5-11-21(20)25/h1-5,7-9,11,19H,6,10,12-17H2,(H,26,31). The molecule has 2 aromatic carbocycles. The average molecular weight is 418 g/mol. The lowest BCUT2D eigenvalue weighted by Crippen LogP contribution is -2.48. The summed E-state index contributed by atoms with van der Waals surface area (Å²) in [7, 11) is 0. The van der Waals surface area contributed by atoms with Gasteiger partial charge in [0.15, 0.2) is 0 Å². The van der Waals surface area contributed by atoms with Gasteiger partial charge in [0.25, 0.3) is 5.91 Å². The lowest BCUT2D eigenvalue weighted by molar-refractivity contribution is -0.140. The quantitative estimate of drug-likeness (QED) is 0.780. The number of benzene rings is 2. The Balaban J connectivity index is 1.27. The molecular formula is C25H27N3O3. The van der Waals surface area contributed by atoms with Gasteiger partial charge in [-0.05, 0) is 54.7 Å². The van der Waals surface area contributed by atoms with Gasteiger partial charge < -0.3 is 10.2 Å². The molecule has 1 aliphatic carbocycles. The number of hydrogen-bond donors (Lipinski definition) is 1. The van der Waals surface area contributed by atoms with Gasteiger partial charge in [-0.3, -0.25) is 14.5 Å². The second-order valence-corrected chi connectivity index (χ2v) is 8.80. The number of likely N-dealkylation sites (tertiary alicyclic amines) is 1. The molecule has 31 heavy (non-hydrogen) atoms. The third-order valence-corrected chi connectivity index (χ3v) is 7.06. The summed E-state index contributed by atoms with van der Waals surface area (Å²) in [6.07, 6.45) is 4.09. The lowest BCUT2D eigenvalue weighted by atomic mass is 9.76. The highest BCUT2D eigenvalue weighted by atomic mass is 16.2. The Hall–Kier alpha value is -3.15. The van der Waals surface area contributed by atoms with Gasteiger partial charge >= 0.3 is 6.03 Å². The van der Waals surface area contributed by atoms with Crippen LogP contribution in [0.25, 0.3) is 0 Å². The molecule has 2 aliphatic heterocycles. The number of nitrogens with zero attached hydrogens (tertiary/aromatic N) is 2. The molecule has 2 aromatic rings. The number of rotatable bonds is 3. The first-order chi connectivity index (χ1) is 15.1. The van der Waals surface area contributed by atoms with Crippen LogP contribution in [-0.4, -0.2) is 47.3 Å². The maximum atomic E-state index is 13.4. The van der Waals surface area contributed by atoms with Crippen LogP contribution >= 0.6 is 0 Å². The summed E-state index contributed by atoms with van der Waals surface area (Å²) in [4.78, 5) is 42.0. The Labute approximate surface area is 182 Å². The van der Waals surface area contributed by atoms with E-state index in [1.54, 1.807) is 4.90 Å². The largest absolute Gasteiger partial charge is 0.341 e. The summed E-state index contributed by atoms with van der Waals surface area (Å²) >= 11 is 0. The highest BCUT2D eigenvalue weighted by Gasteiger charge is 2.54. The van der Waals surface area contributed by atoms with E-state index in [-0.39, 0.29) is 18.4 Å². The monoisotopic (exact) mass is 417 g/mol. The van der Waals surface area contributed by atoms with Gasteiger partial charge in [-0.25, -0.2) is 4.79 Å². The molecule has 5 rings (SSSR count). The molecule has 0 saturated carbocycles. The normalized spacial score (nSPS) is 23.7. The van der Waals surface area contributed by atoms with Gasteiger partial charge in [-0.15, -0.1) is 0 Å². The van der Waals surface area contributed by atoms with Gasteiger partial charge in [0.05, 0.1) is 0 Å². The zero-order valence-corrected chi connectivity index (χ0v) is 17.5. The predicted molar refractivity (Wildman–Crippen MR) is 116 cm³/mol. The lowest BCUT2D eigenvalue weighted by Gasteiger charge is -2.34. The molecule has 2 saturated heterocycles. The number of nitrogens with one attached hydrogen (secondary N) is 1. The molecule has 6 nitrogen and oxygen atoms in total. The van der Waals surface area contributed by atoms with Gasteiger partial charge in [-0.2, -0.15) is 0 Å². The minimum absolute atomic E-state index is 0.156. The summed E-state index contributed by atoms with van der Waals surface area (Å²) in [5.74, 6) is -0.00250. The van der Waals surface area contributed by atoms with Crippen LogP contribution in [0, 0.1) is 0 Å². The molecule has 1 unspecified atom stereocenters. The number of hydrogen-bond acceptors (Lipinski definition) is 3. The third-order valence-electron chi connectivity index (χ3n) is 7.06. The van der Waals surface area contributed by atoms with E-state index in [0.717, 1.165) is 41.7 Å². The first-order valence-corrected chi connectivity index (χ1v) is 11.1. The topological polar surface area (TPSA) is 69.7 Å². The van der Waals surface area contributed by atoms with E-state index < -0.39 is 11.6 Å². The third kappa shape index (κ3) is 3.40. The number of carbonyl (C=O) groups excluding carboxylic acids is 3. The number of urea groups is 1. The number of amides is 4. The summed E-state index contributed by atoms with van der Waals surface area (Å²) in [5, 5.41) is 2.93. The molecule has 0 aromatic heterocycles. The Bertz CT molecular complexity index is 1010. The minimum atomic E-state index is -1.02. The first-order valence-electron chi connectivity index (χ1n) is 11.1. The molecule has 1 spiro atoms. The van der Waals surface area contributed by atoms with Crippen molar-refractivity contribution in [1.82, 2.24) is 15.1 Å².